The highest BCUT2D eigenvalue weighted by Crippen LogP contribution is 2.34. The van der Waals surface area contributed by atoms with Gasteiger partial charge in [-0.3, -0.25) is 0 Å². The first kappa shape index (κ1) is 22.7. The molecule has 1 saturated heterocycles. The van der Waals surface area contributed by atoms with Crippen LogP contribution in [0.15, 0.2) is 34.8 Å². The summed E-state index contributed by atoms with van der Waals surface area (Å²) in [6.45, 7) is 4.50. The zero-order valence-electron chi connectivity index (χ0n) is 18.0. The fourth-order valence-electron chi connectivity index (χ4n) is 3.99. The number of aromatic nitrogens is 2. The SMILES string of the molecule is CC(Oc1cc2nc(CCN)nc(Nc3ccc(Br)cc3F)c2cc1N)C1CCNCC1. The molecule has 3 aromatic rings. The molecule has 9 heteroatoms. The van der Waals surface area contributed by atoms with Crippen molar-refractivity contribution in [2.24, 2.45) is 11.7 Å². The van der Waals surface area contributed by atoms with Gasteiger partial charge in [-0.25, -0.2) is 14.4 Å². The molecular weight excluding hydrogens is 475 g/mol. The Morgan fingerprint density at radius 3 is 2.75 bits per heavy atom. The first-order valence-corrected chi connectivity index (χ1v) is 11.6. The van der Waals surface area contributed by atoms with Gasteiger partial charge >= 0.3 is 0 Å². The normalized spacial score (nSPS) is 15.6. The summed E-state index contributed by atoms with van der Waals surface area (Å²) in [7, 11) is 0. The van der Waals surface area contributed by atoms with E-state index in [-0.39, 0.29) is 6.10 Å². The molecule has 6 N–H and O–H groups in total. The number of anilines is 3. The standard InChI is InChI=1S/C23H28BrFN6O/c1-13(14-5-8-28-9-6-14)32-21-12-20-16(11-18(21)27)23(31-22(29-20)4-7-26)30-19-3-2-15(24)10-17(19)25/h2-3,10-14,28H,4-9,26-27H2,1H3,(H,29,30,31). The lowest BCUT2D eigenvalue weighted by Gasteiger charge is -2.29. The number of nitrogen functional groups attached to an aromatic ring is 1. The fraction of sp³-hybridized carbons (Fsp3) is 0.391. The van der Waals surface area contributed by atoms with Crippen LogP contribution in [-0.2, 0) is 6.42 Å². The van der Waals surface area contributed by atoms with E-state index in [0.717, 1.165) is 25.9 Å². The average Bonchev–Trinajstić information content (AvgIpc) is 2.77. The van der Waals surface area contributed by atoms with Crippen molar-refractivity contribution >= 4 is 44.0 Å². The number of piperidine rings is 1. The smallest absolute Gasteiger partial charge is 0.147 e. The van der Waals surface area contributed by atoms with Crippen LogP contribution < -0.4 is 26.8 Å². The van der Waals surface area contributed by atoms with Crippen LogP contribution >= 0.6 is 15.9 Å². The van der Waals surface area contributed by atoms with Crippen molar-refractivity contribution in [2.45, 2.75) is 32.3 Å². The molecule has 1 aromatic heterocycles. The van der Waals surface area contributed by atoms with Gasteiger partial charge in [0.25, 0.3) is 0 Å². The molecule has 0 amide bonds. The average molecular weight is 503 g/mol. The van der Waals surface area contributed by atoms with Gasteiger partial charge in [0.05, 0.1) is 23.0 Å². The third kappa shape index (κ3) is 5.11. The minimum absolute atomic E-state index is 0.0386. The van der Waals surface area contributed by atoms with E-state index in [9.17, 15) is 4.39 Å². The molecule has 2 heterocycles. The molecule has 0 bridgehead atoms. The van der Waals surface area contributed by atoms with Gasteiger partial charge in [-0.15, -0.1) is 0 Å². The van der Waals surface area contributed by atoms with Crippen molar-refractivity contribution in [3.63, 3.8) is 0 Å². The van der Waals surface area contributed by atoms with Crippen LogP contribution in [0, 0.1) is 11.7 Å². The fourth-order valence-corrected chi connectivity index (χ4v) is 4.32. The number of halogens is 2. The zero-order chi connectivity index (χ0) is 22.7. The molecule has 4 rings (SSSR count). The summed E-state index contributed by atoms with van der Waals surface area (Å²) in [5.74, 6) is 1.73. The third-order valence-corrected chi connectivity index (χ3v) is 6.28. The Morgan fingerprint density at radius 1 is 1.25 bits per heavy atom. The number of hydrogen-bond acceptors (Lipinski definition) is 7. The van der Waals surface area contributed by atoms with Crippen molar-refractivity contribution in [3.8, 4) is 5.75 Å². The van der Waals surface area contributed by atoms with Gasteiger partial charge in [-0.1, -0.05) is 15.9 Å². The van der Waals surface area contributed by atoms with Crippen molar-refractivity contribution in [1.82, 2.24) is 15.3 Å². The van der Waals surface area contributed by atoms with E-state index in [0.29, 0.717) is 63.0 Å². The van der Waals surface area contributed by atoms with E-state index >= 15 is 0 Å². The largest absolute Gasteiger partial charge is 0.488 e. The maximum atomic E-state index is 14.4. The highest BCUT2D eigenvalue weighted by Gasteiger charge is 2.22. The number of hydrogen-bond donors (Lipinski definition) is 4. The molecule has 1 fully saturated rings. The summed E-state index contributed by atoms with van der Waals surface area (Å²) in [4.78, 5) is 9.22. The number of ether oxygens (including phenoxy) is 1. The van der Waals surface area contributed by atoms with Gasteiger partial charge in [0.2, 0.25) is 0 Å². The summed E-state index contributed by atoms with van der Waals surface area (Å²) in [5, 5.41) is 7.15. The number of rotatable bonds is 7. The molecular formula is C23H28BrFN6O. The molecule has 1 aliphatic heterocycles. The van der Waals surface area contributed by atoms with Gasteiger partial charge < -0.3 is 26.8 Å². The molecule has 170 valence electrons. The number of nitrogens with zero attached hydrogens (tertiary/aromatic N) is 2. The van der Waals surface area contributed by atoms with E-state index in [2.05, 4.69) is 43.5 Å². The molecule has 0 spiro atoms. The third-order valence-electron chi connectivity index (χ3n) is 5.79. The van der Waals surface area contributed by atoms with Crippen LogP contribution in [0.1, 0.15) is 25.6 Å². The van der Waals surface area contributed by atoms with Crippen LogP contribution in [-0.4, -0.2) is 35.7 Å². The lowest BCUT2D eigenvalue weighted by atomic mass is 9.93. The number of benzene rings is 2. The molecule has 1 atom stereocenters. The zero-order valence-corrected chi connectivity index (χ0v) is 19.6. The summed E-state index contributed by atoms with van der Waals surface area (Å²) in [6.07, 6.45) is 2.69. The molecule has 2 aromatic carbocycles. The van der Waals surface area contributed by atoms with Crippen LogP contribution in [0.2, 0.25) is 0 Å². The number of fused-ring (bicyclic) bond motifs is 1. The van der Waals surface area contributed by atoms with Crippen molar-refractivity contribution in [1.29, 1.82) is 0 Å². The van der Waals surface area contributed by atoms with Gasteiger partial charge in [-0.05, 0) is 69.6 Å². The van der Waals surface area contributed by atoms with Crippen LogP contribution in [0.4, 0.5) is 21.6 Å². The van der Waals surface area contributed by atoms with E-state index < -0.39 is 5.82 Å². The van der Waals surface area contributed by atoms with Crippen LogP contribution in [0.5, 0.6) is 5.75 Å². The Bertz CT molecular complexity index is 1110. The Morgan fingerprint density at radius 2 is 2.03 bits per heavy atom. The lowest BCUT2D eigenvalue weighted by molar-refractivity contribution is 0.129. The van der Waals surface area contributed by atoms with Crippen molar-refractivity contribution in [2.75, 3.05) is 30.7 Å². The van der Waals surface area contributed by atoms with Gasteiger partial charge in [0.15, 0.2) is 0 Å². The Labute approximate surface area is 195 Å². The van der Waals surface area contributed by atoms with Crippen molar-refractivity contribution < 1.29 is 9.13 Å². The van der Waals surface area contributed by atoms with E-state index in [1.165, 1.54) is 6.07 Å². The van der Waals surface area contributed by atoms with Crippen LogP contribution in [0.25, 0.3) is 10.9 Å². The molecule has 1 aliphatic rings. The second-order valence-corrected chi connectivity index (χ2v) is 9.01. The highest BCUT2D eigenvalue weighted by atomic mass is 79.9. The first-order chi connectivity index (χ1) is 15.4. The highest BCUT2D eigenvalue weighted by molar-refractivity contribution is 9.10. The second kappa shape index (κ2) is 9.97. The predicted molar refractivity (Wildman–Crippen MR) is 130 cm³/mol. The van der Waals surface area contributed by atoms with E-state index in [1.807, 2.05) is 6.07 Å². The molecule has 0 saturated carbocycles. The number of nitrogens with one attached hydrogen (secondary N) is 2. The minimum Gasteiger partial charge on any atom is -0.488 e. The molecule has 7 nitrogen and oxygen atoms in total. The molecule has 0 aliphatic carbocycles. The second-order valence-electron chi connectivity index (χ2n) is 8.09. The maximum absolute atomic E-state index is 14.4. The molecule has 1 unspecified atom stereocenters. The van der Waals surface area contributed by atoms with Crippen molar-refractivity contribution in [3.05, 3.63) is 46.4 Å². The van der Waals surface area contributed by atoms with Gasteiger partial charge in [0.1, 0.15) is 23.2 Å². The first-order valence-electron chi connectivity index (χ1n) is 10.8. The summed E-state index contributed by atoms with van der Waals surface area (Å²) in [5.41, 5.74) is 13.6. The van der Waals surface area contributed by atoms with Gasteiger partial charge in [0, 0.05) is 22.3 Å². The molecule has 32 heavy (non-hydrogen) atoms. The van der Waals surface area contributed by atoms with Gasteiger partial charge in [-0.2, -0.15) is 0 Å². The maximum Gasteiger partial charge on any atom is 0.147 e. The van der Waals surface area contributed by atoms with Crippen LogP contribution in [0.3, 0.4) is 0 Å². The van der Waals surface area contributed by atoms with E-state index in [4.69, 9.17) is 16.2 Å². The number of nitrogens with two attached hydrogens (primary N) is 2. The van der Waals surface area contributed by atoms with E-state index in [1.54, 1.807) is 18.2 Å². The Balaban J connectivity index is 1.69. The Hall–Kier alpha value is -2.49. The monoisotopic (exact) mass is 502 g/mol. The summed E-state index contributed by atoms with van der Waals surface area (Å²) >= 11 is 3.28. The minimum atomic E-state index is -0.393. The lowest BCUT2D eigenvalue weighted by Crippen LogP contribution is -2.35. The predicted octanol–water partition coefficient (Wildman–Crippen LogP) is 4.13. The topological polar surface area (TPSA) is 111 Å². The Kier molecular flexibility index (Phi) is 7.07. The summed E-state index contributed by atoms with van der Waals surface area (Å²) in [6, 6.07) is 8.43. The quantitative estimate of drug-likeness (QED) is 0.359. The summed E-state index contributed by atoms with van der Waals surface area (Å²) < 4.78 is 21.4. The molecule has 0 radical (unpaired) electrons.